The van der Waals surface area contributed by atoms with Crippen LogP contribution in [0, 0.1) is 5.92 Å². The third-order valence-electron chi connectivity index (χ3n) is 5.42. The molecule has 34 heavy (non-hydrogen) atoms. The van der Waals surface area contributed by atoms with Crippen molar-refractivity contribution in [2.24, 2.45) is 5.92 Å². The molecule has 0 spiro atoms. The Morgan fingerprint density at radius 3 is 2.59 bits per heavy atom. The van der Waals surface area contributed by atoms with E-state index in [9.17, 15) is 24.3 Å². The summed E-state index contributed by atoms with van der Waals surface area (Å²) in [6.45, 7) is 3.66. The van der Waals surface area contributed by atoms with Crippen LogP contribution in [-0.2, 0) is 23.9 Å². The lowest BCUT2D eigenvalue weighted by molar-refractivity contribution is -0.151. The van der Waals surface area contributed by atoms with E-state index < -0.39 is 54.0 Å². The summed E-state index contributed by atoms with van der Waals surface area (Å²) >= 11 is 1.55. The maximum atomic E-state index is 13.2. The van der Waals surface area contributed by atoms with Gasteiger partial charge in [0.25, 0.3) is 0 Å². The van der Waals surface area contributed by atoms with E-state index in [1.54, 1.807) is 28.6 Å². The van der Waals surface area contributed by atoms with Crippen molar-refractivity contribution in [2.45, 2.75) is 69.9 Å². The monoisotopic (exact) mass is 533 g/mol. The van der Waals surface area contributed by atoms with E-state index in [1.807, 2.05) is 26.2 Å². The molecule has 4 N–H and O–H groups in total. The van der Waals surface area contributed by atoms with Crippen LogP contribution in [0.25, 0.3) is 0 Å². The minimum absolute atomic E-state index is 0.141. The molecule has 5 atom stereocenters. The number of thioether (sulfide) groups is 1. The Labute approximate surface area is 213 Å². The van der Waals surface area contributed by atoms with Gasteiger partial charge in [-0.15, -0.1) is 0 Å². The van der Waals surface area contributed by atoms with Crippen molar-refractivity contribution >= 4 is 57.0 Å². The summed E-state index contributed by atoms with van der Waals surface area (Å²) in [5.74, 6) is -0.440. The first-order chi connectivity index (χ1) is 16.2. The van der Waals surface area contributed by atoms with Crippen molar-refractivity contribution in [1.82, 2.24) is 16.0 Å². The largest absolute Gasteiger partial charge is 0.457 e. The number of hydrogen-bond donors (Lipinski definition) is 4. The highest BCUT2D eigenvalue weighted by Gasteiger charge is 2.33. The van der Waals surface area contributed by atoms with Crippen LogP contribution in [0.1, 0.15) is 39.5 Å². The number of fused-ring (bicyclic) bond motifs is 7. The molecule has 0 aromatic carbocycles. The number of carbonyl (C=O) groups excluding carboxylic acids is 4. The van der Waals surface area contributed by atoms with Crippen molar-refractivity contribution in [2.75, 3.05) is 23.5 Å². The first-order valence-corrected chi connectivity index (χ1v) is 15.3. The van der Waals surface area contributed by atoms with Gasteiger partial charge in [0.2, 0.25) is 17.7 Å². The van der Waals surface area contributed by atoms with Crippen molar-refractivity contribution in [1.29, 1.82) is 0 Å². The Morgan fingerprint density at radius 1 is 1.12 bits per heavy atom. The molecule has 0 aliphatic carbocycles. The summed E-state index contributed by atoms with van der Waals surface area (Å²) in [6.07, 6.45) is 4.05. The van der Waals surface area contributed by atoms with Crippen LogP contribution in [-0.4, -0.2) is 82.6 Å². The second-order valence-corrected chi connectivity index (χ2v) is 12.2. The van der Waals surface area contributed by atoms with Crippen LogP contribution in [0.15, 0.2) is 12.2 Å². The minimum atomic E-state index is -1.18. The molecule has 1 unspecified atom stereocenters. The first kappa shape index (κ1) is 28.9. The summed E-state index contributed by atoms with van der Waals surface area (Å²) < 4.78 is 5.50. The Bertz CT molecular complexity index is 751. The van der Waals surface area contributed by atoms with Gasteiger partial charge in [-0.25, -0.2) is 0 Å². The molecule has 9 nitrogen and oxygen atoms in total. The highest BCUT2D eigenvalue weighted by molar-refractivity contribution is 8.76. The number of hydrogen-bond acceptors (Lipinski definition) is 9. The molecule has 2 bridgehead atoms. The fourth-order valence-electron chi connectivity index (χ4n) is 3.57. The van der Waals surface area contributed by atoms with Gasteiger partial charge in [-0.1, -0.05) is 41.5 Å². The predicted octanol–water partition coefficient (Wildman–Crippen LogP) is 1.26. The number of ether oxygens (including phenoxy) is 1. The average molecular weight is 534 g/mol. The smallest absolute Gasteiger partial charge is 0.309 e. The van der Waals surface area contributed by atoms with Crippen molar-refractivity contribution in [3.05, 3.63) is 12.2 Å². The van der Waals surface area contributed by atoms with E-state index >= 15 is 0 Å². The van der Waals surface area contributed by atoms with Gasteiger partial charge in [-0.2, -0.15) is 11.8 Å². The van der Waals surface area contributed by atoms with E-state index in [-0.39, 0.29) is 18.8 Å². The fourth-order valence-corrected chi connectivity index (χ4v) is 6.20. The molecule has 0 saturated carbocycles. The highest BCUT2D eigenvalue weighted by Crippen LogP contribution is 2.24. The Morgan fingerprint density at radius 2 is 1.88 bits per heavy atom. The number of aliphatic hydroxyl groups excluding tert-OH is 1. The number of nitrogens with one attached hydrogen (secondary N) is 3. The summed E-state index contributed by atoms with van der Waals surface area (Å²) in [6, 6.07) is -2.40. The number of amides is 3. The van der Waals surface area contributed by atoms with Gasteiger partial charge in [0.15, 0.2) is 0 Å². The summed E-state index contributed by atoms with van der Waals surface area (Å²) in [4.78, 5) is 51.6. The topological polar surface area (TPSA) is 134 Å². The van der Waals surface area contributed by atoms with E-state index in [2.05, 4.69) is 16.0 Å². The van der Waals surface area contributed by atoms with E-state index in [1.165, 1.54) is 10.8 Å². The lowest BCUT2D eigenvalue weighted by Gasteiger charge is -2.29. The maximum absolute atomic E-state index is 13.2. The van der Waals surface area contributed by atoms with Gasteiger partial charge in [-0.3, -0.25) is 19.2 Å². The molecule has 2 heterocycles. The summed E-state index contributed by atoms with van der Waals surface area (Å²) in [5, 5.41) is 19.1. The Kier molecular flexibility index (Phi) is 12.6. The molecule has 1 saturated heterocycles. The zero-order valence-electron chi connectivity index (χ0n) is 19.8. The molecule has 12 heteroatoms. The molecule has 192 valence electrons. The fraction of sp³-hybridized carbons (Fsp3) is 0.727. The van der Waals surface area contributed by atoms with Crippen LogP contribution in [0.4, 0.5) is 0 Å². The van der Waals surface area contributed by atoms with Crippen molar-refractivity contribution in [3.8, 4) is 0 Å². The molecular weight excluding hydrogens is 498 g/mol. The minimum Gasteiger partial charge on any atom is -0.457 e. The third-order valence-corrected chi connectivity index (χ3v) is 8.51. The zero-order valence-corrected chi connectivity index (χ0v) is 22.2. The quantitative estimate of drug-likeness (QED) is 0.239. The highest BCUT2D eigenvalue weighted by atomic mass is 33.1. The van der Waals surface area contributed by atoms with Crippen LogP contribution in [0.2, 0.25) is 0 Å². The molecule has 3 amide bonds. The van der Waals surface area contributed by atoms with E-state index in [4.69, 9.17) is 4.74 Å². The molecule has 2 rings (SSSR count). The molecule has 0 radical (unpaired) electrons. The maximum Gasteiger partial charge on any atom is 0.309 e. The van der Waals surface area contributed by atoms with Gasteiger partial charge in [0.05, 0.1) is 25.0 Å². The lowest BCUT2D eigenvalue weighted by atomic mass is 9.96. The van der Waals surface area contributed by atoms with Crippen LogP contribution >= 0.6 is 33.3 Å². The molecule has 0 aromatic heterocycles. The number of carbonyl (C=O) groups is 4. The molecule has 2 aliphatic rings. The third kappa shape index (κ3) is 9.71. The Balaban J connectivity index is 2.45. The predicted molar refractivity (Wildman–Crippen MR) is 137 cm³/mol. The number of allylic oxidation sites excluding steroid dienone is 1. The number of rotatable bonds is 4. The van der Waals surface area contributed by atoms with Crippen LogP contribution < -0.4 is 16.0 Å². The molecule has 1 fully saturated rings. The second kappa shape index (κ2) is 14.9. The number of esters is 1. The van der Waals surface area contributed by atoms with Crippen molar-refractivity contribution < 1.29 is 29.0 Å². The van der Waals surface area contributed by atoms with Gasteiger partial charge < -0.3 is 25.8 Å². The standard InChI is InChI=1S/C22H35N3O6S3/c1-13(2)20-17(26)11-19(28)31-14-6-4-5-8-33-34-12-16(22(30)25-20)24-21(29)15(7-9-32-3)23-18(27)10-14/h4,6,13-17,20,26H,5,7-12H2,1-3H3,(H,23,27)(H,24,29)(H,25,30)/b6-4+/t14-,15-,16-,17+,20?/m1/s1. The van der Waals surface area contributed by atoms with E-state index in [0.29, 0.717) is 24.3 Å². The van der Waals surface area contributed by atoms with Crippen molar-refractivity contribution in [3.63, 3.8) is 0 Å². The van der Waals surface area contributed by atoms with Crippen LogP contribution in [0.5, 0.6) is 0 Å². The normalized spacial score (nSPS) is 31.3. The summed E-state index contributed by atoms with van der Waals surface area (Å²) in [5.41, 5.74) is 0. The molecule has 0 aromatic rings. The summed E-state index contributed by atoms with van der Waals surface area (Å²) in [7, 11) is 3.04. The second-order valence-electron chi connectivity index (χ2n) is 8.57. The van der Waals surface area contributed by atoms with Gasteiger partial charge in [0.1, 0.15) is 18.2 Å². The Hall–Kier alpha value is -1.37. The zero-order chi connectivity index (χ0) is 25.1. The average Bonchev–Trinajstić information content (AvgIpc) is 2.77. The molecule has 2 aliphatic heterocycles. The first-order valence-electron chi connectivity index (χ1n) is 11.4. The SMILES string of the molecule is CSCC[C@H]1NC(=O)C[C@H]2/C=C/CCSSC[C@@H](NC1=O)C(=O)NC(C(C)C)[C@@H](O)CC(=O)O2. The van der Waals surface area contributed by atoms with Gasteiger partial charge >= 0.3 is 5.97 Å². The lowest BCUT2D eigenvalue weighted by Crippen LogP contribution is -2.58. The number of aliphatic hydroxyl groups is 1. The van der Waals surface area contributed by atoms with Crippen LogP contribution in [0.3, 0.4) is 0 Å². The van der Waals surface area contributed by atoms with Gasteiger partial charge in [0, 0.05) is 11.5 Å². The molecular formula is C22H35N3O6S3. The van der Waals surface area contributed by atoms with E-state index in [0.717, 1.165) is 5.75 Å². The van der Waals surface area contributed by atoms with Gasteiger partial charge in [-0.05, 0) is 36.8 Å².